The van der Waals surface area contributed by atoms with E-state index in [1.807, 2.05) is 0 Å². The van der Waals surface area contributed by atoms with Crippen molar-refractivity contribution in [3.8, 4) is 0 Å². The third-order valence-corrected chi connectivity index (χ3v) is 3.07. The SMILES string of the molecule is COC(C)CNCC1(C)CCCNC1. The molecule has 0 spiro atoms. The van der Waals surface area contributed by atoms with Gasteiger partial charge in [0.15, 0.2) is 0 Å². The van der Waals surface area contributed by atoms with E-state index in [1.54, 1.807) is 7.11 Å². The second kappa shape index (κ2) is 5.69. The van der Waals surface area contributed by atoms with Crippen molar-refractivity contribution in [3.05, 3.63) is 0 Å². The topological polar surface area (TPSA) is 33.3 Å². The molecular formula is C11H24N2O. The quantitative estimate of drug-likeness (QED) is 0.694. The summed E-state index contributed by atoms with van der Waals surface area (Å²) in [4.78, 5) is 0. The lowest BCUT2D eigenvalue weighted by atomic mass is 9.83. The van der Waals surface area contributed by atoms with Gasteiger partial charge in [0.25, 0.3) is 0 Å². The van der Waals surface area contributed by atoms with Gasteiger partial charge in [-0.2, -0.15) is 0 Å². The van der Waals surface area contributed by atoms with E-state index >= 15 is 0 Å². The van der Waals surface area contributed by atoms with Crippen LogP contribution in [0, 0.1) is 5.41 Å². The molecule has 1 saturated heterocycles. The Morgan fingerprint density at radius 2 is 2.36 bits per heavy atom. The molecule has 1 fully saturated rings. The molecular weight excluding hydrogens is 176 g/mol. The molecule has 2 unspecified atom stereocenters. The van der Waals surface area contributed by atoms with Crippen molar-refractivity contribution in [3.63, 3.8) is 0 Å². The van der Waals surface area contributed by atoms with Crippen LogP contribution in [-0.4, -0.2) is 39.4 Å². The summed E-state index contributed by atoms with van der Waals surface area (Å²) in [5.74, 6) is 0. The molecule has 14 heavy (non-hydrogen) atoms. The average molecular weight is 200 g/mol. The molecule has 0 aliphatic carbocycles. The van der Waals surface area contributed by atoms with Crippen LogP contribution in [0.3, 0.4) is 0 Å². The van der Waals surface area contributed by atoms with E-state index in [9.17, 15) is 0 Å². The van der Waals surface area contributed by atoms with Crippen molar-refractivity contribution < 1.29 is 4.74 Å². The molecule has 0 saturated carbocycles. The van der Waals surface area contributed by atoms with Crippen LogP contribution in [0.5, 0.6) is 0 Å². The summed E-state index contributed by atoms with van der Waals surface area (Å²) in [5.41, 5.74) is 0.436. The zero-order valence-electron chi connectivity index (χ0n) is 9.73. The van der Waals surface area contributed by atoms with Crippen LogP contribution in [0.1, 0.15) is 26.7 Å². The summed E-state index contributed by atoms with van der Waals surface area (Å²) in [6.45, 7) is 8.81. The molecule has 0 radical (unpaired) electrons. The maximum atomic E-state index is 5.19. The van der Waals surface area contributed by atoms with E-state index in [0.717, 1.165) is 19.6 Å². The molecule has 1 heterocycles. The summed E-state index contributed by atoms with van der Waals surface area (Å²) in [7, 11) is 1.76. The Morgan fingerprint density at radius 1 is 1.57 bits per heavy atom. The molecule has 3 heteroatoms. The van der Waals surface area contributed by atoms with E-state index < -0.39 is 0 Å². The Labute approximate surface area is 87.6 Å². The van der Waals surface area contributed by atoms with Crippen LogP contribution in [0.4, 0.5) is 0 Å². The molecule has 84 valence electrons. The summed E-state index contributed by atoms with van der Waals surface area (Å²) >= 11 is 0. The third kappa shape index (κ3) is 3.95. The van der Waals surface area contributed by atoms with Gasteiger partial charge in [0, 0.05) is 26.7 Å². The van der Waals surface area contributed by atoms with Crippen molar-refractivity contribution in [2.24, 2.45) is 5.41 Å². The van der Waals surface area contributed by atoms with Gasteiger partial charge >= 0.3 is 0 Å². The molecule has 1 rings (SSSR count). The van der Waals surface area contributed by atoms with Gasteiger partial charge in [0.05, 0.1) is 6.10 Å². The van der Waals surface area contributed by atoms with Crippen LogP contribution >= 0.6 is 0 Å². The number of nitrogens with one attached hydrogen (secondary N) is 2. The van der Waals surface area contributed by atoms with Gasteiger partial charge in [-0.3, -0.25) is 0 Å². The molecule has 0 aromatic heterocycles. The first-order valence-electron chi connectivity index (χ1n) is 5.60. The summed E-state index contributed by atoms with van der Waals surface area (Å²) in [5, 5.41) is 6.94. The Hall–Kier alpha value is -0.120. The molecule has 1 aliphatic heterocycles. The normalized spacial score (nSPS) is 30.2. The first kappa shape index (κ1) is 12.0. The molecule has 2 atom stereocenters. The number of methoxy groups -OCH3 is 1. The maximum absolute atomic E-state index is 5.19. The number of hydrogen-bond donors (Lipinski definition) is 2. The van der Waals surface area contributed by atoms with E-state index in [1.165, 1.54) is 19.4 Å². The van der Waals surface area contributed by atoms with Crippen LogP contribution in [-0.2, 0) is 4.74 Å². The second-order valence-corrected chi connectivity index (χ2v) is 4.77. The molecule has 0 amide bonds. The highest BCUT2D eigenvalue weighted by atomic mass is 16.5. The van der Waals surface area contributed by atoms with Crippen LogP contribution in [0.25, 0.3) is 0 Å². The second-order valence-electron chi connectivity index (χ2n) is 4.77. The van der Waals surface area contributed by atoms with Gasteiger partial charge in [-0.05, 0) is 31.7 Å². The lowest BCUT2D eigenvalue weighted by molar-refractivity contribution is 0.111. The number of ether oxygens (including phenoxy) is 1. The van der Waals surface area contributed by atoms with Crippen molar-refractivity contribution in [1.29, 1.82) is 0 Å². The summed E-state index contributed by atoms with van der Waals surface area (Å²) in [6.07, 6.45) is 2.95. The van der Waals surface area contributed by atoms with E-state index in [0.29, 0.717) is 11.5 Å². The molecule has 3 nitrogen and oxygen atoms in total. The van der Waals surface area contributed by atoms with Gasteiger partial charge in [0.1, 0.15) is 0 Å². The Bertz CT molecular complexity index is 155. The molecule has 1 aliphatic rings. The van der Waals surface area contributed by atoms with Gasteiger partial charge in [-0.25, -0.2) is 0 Å². The largest absolute Gasteiger partial charge is 0.380 e. The smallest absolute Gasteiger partial charge is 0.0667 e. The van der Waals surface area contributed by atoms with Crippen LogP contribution in [0.15, 0.2) is 0 Å². The number of hydrogen-bond acceptors (Lipinski definition) is 3. The standard InChI is InChI=1S/C11H24N2O/c1-10(14-3)7-13-9-11(2)5-4-6-12-8-11/h10,12-13H,4-9H2,1-3H3. The minimum atomic E-state index is 0.315. The minimum absolute atomic E-state index is 0.315. The molecule has 0 aromatic carbocycles. The third-order valence-electron chi connectivity index (χ3n) is 3.07. The summed E-state index contributed by atoms with van der Waals surface area (Å²) < 4.78 is 5.19. The number of rotatable bonds is 5. The summed E-state index contributed by atoms with van der Waals surface area (Å²) in [6, 6.07) is 0. The highest BCUT2D eigenvalue weighted by Crippen LogP contribution is 2.23. The van der Waals surface area contributed by atoms with Crippen LogP contribution < -0.4 is 10.6 Å². The Kier molecular flexibility index (Phi) is 4.85. The zero-order chi connectivity index (χ0) is 10.4. The van der Waals surface area contributed by atoms with Gasteiger partial charge in [-0.1, -0.05) is 6.92 Å². The highest BCUT2D eigenvalue weighted by Gasteiger charge is 2.25. The van der Waals surface area contributed by atoms with Crippen molar-refractivity contribution in [1.82, 2.24) is 10.6 Å². The fourth-order valence-corrected chi connectivity index (χ4v) is 1.93. The van der Waals surface area contributed by atoms with E-state index in [2.05, 4.69) is 24.5 Å². The van der Waals surface area contributed by atoms with E-state index in [4.69, 9.17) is 4.74 Å². The minimum Gasteiger partial charge on any atom is -0.380 e. The highest BCUT2D eigenvalue weighted by molar-refractivity contribution is 4.83. The van der Waals surface area contributed by atoms with Crippen molar-refractivity contribution >= 4 is 0 Å². The average Bonchev–Trinajstić information content (AvgIpc) is 2.18. The van der Waals surface area contributed by atoms with Gasteiger partial charge in [0.2, 0.25) is 0 Å². The van der Waals surface area contributed by atoms with Gasteiger partial charge in [-0.15, -0.1) is 0 Å². The van der Waals surface area contributed by atoms with Crippen LogP contribution in [0.2, 0.25) is 0 Å². The predicted octanol–water partition coefficient (Wildman–Crippen LogP) is 1.00. The fraction of sp³-hybridized carbons (Fsp3) is 1.00. The maximum Gasteiger partial charge on any atom is 0.0667 e. The molecule has 0 aromatic rings. The lowest BCUT2D eigenvalue weighted by Crippen LogP contribution is -2.45. The predicted molar refractivity (Wildman–Crippen MR) is 59.6 cm³/mol. The first-order chi connectivity index (χ1) is 6.66. The first-order valence-corrected chi connectivity index (χ1v) is 5.60. The van der Waals surface area contributed by atoms with E-state index in [-0.39, 0.29) is 0 Å². The molecule has 0 bridgehead atoms. The Morgan fingerprint density at radius 3 is 2.93 bits per heavy atom. The lowest BCUT2D eigenvalue weighted by Gasteiger charge is -2.34. The van der Waals surface area contributed by atoms with Crippen molar-refractivity contribution in [2.45, 2.75) is 32.8 Å². The molecule has 2 N–H and O–H groups in total. The zero-order valence-corrected chi connectivity index (χ0v) is 9.73. The monoisotopic (exact) mass is 200 g/mol. The Balaban J connectivity index is 2.15. The fourth-order valence-electron chi connectivity index (χ4n) is 1.93. The van der Waals surface area contributed by atoms with Crippen molar-refractivity contribution in [2.75, 3.05) is 33.3 Å². The number of piperidine rings is 1. The van der Waals surface area contributed by atoms with Gasteiger partial charge < -0.3 is 15.4 Å².